The minimum Gasteiger partial charge on any atom is -0.361 e. The van der Waals surface area contributed by atoms with Gasteiger partial charge >= 0.3 is 11.8 Å². The molecule has 0 heterocycles. The van der Waals surface area contributed by atoms with E-state index < -0.39 is 11.8 Å². The third-order valence-corrected chi connectivity index (χ3v) is 1.92. The molecule has 76 valence electrons. The van der Waals surface area contributed by atoms with E-state index in [0.29, 0.717) is 0 Å². The van der Waals surface area contributed by atoms with E-state index in [2.05, 4.69) is 5.32 Å². The van der Waals surface area contributed by atoms with E-state index in [1.54, 1.807) is 0 Å². The summed E-state index contributed by atoms with van der Waals surface area (Å²) in [4.78, 5) is 23.3. The van der Waals surface area contributed by atoms with Crippen molar-refractivity contribution in [1.82, 2.24) is 10.2 Å². The van der Waals surface area contributed by atoms with Crippen molar-refractivity contribution in [2.75, 3.05) is 13.1 Å². The van der Waals surface area contributed by atoms with Gasteiger partial charge in [0.25, 0.3) is 0 Å². The molecule has 1 atom stereocenters. The lowest BCUT2D eigenvalue weighted by molar-refractivity contribution is -0.138. The molecule has 3 N–H and O–H groups in total. The minimum atomic E-state index is -0.945. The summed E-state index contributed by atoms with van der Waals surface area (Å²) in [6.07, 6.45) is -0.157. The van der Waals surface area contributed by atoms with Gasteiger partial charge in [0.05, 0.1) is 6.17 Å². The molecule has 0 rings (SSSR count). The zero-order valence-corrected chi connectivity index (χ0v) is 8.33. The molecular weight excluding hydrogens is 170 g/mol. The summed E-state index contributed by atoms with van der Waals surface area (Å²) < 4.78 is 0. The standard InChI is InChI=1S/C8H17N3O2/c1-4-11(5-2)6(3)10-8(13)7(9)12/h6H,4-5H2,1-3H3,(H2,9,12)(H,10,13). The lowest BCUT2D eigenvalue weighted by atomic mass is 10.4. The number of nitrogens with two attached hydrogens (primary N) is 1. The second-order valence-electron chi connectivity index (χ2n) is 2.73. The SMILES string of the molecule is CCN(CC)C(C)NC(=O)C(N)=O. The van der Waals surface area contributed by atoms with E-state index in [9.17, 15) is 9.59 Å². The molecule has 0 aromatic carbocycles. The number of carbonyl (C=O) groups excluding carboxylic acids is 2. The molecule has 13 heavy (non-hydrogen) atoms. The zero-order chi connectivity index (χ0) is 10.4. The first-order valence-corrected chi connectivity index (χ1v) is 4.37. The number of rotatable bonds is 4. The number of primary amides is 1. The molecule has 0 aromatic heterocycles. The van der Waals surface area contributed by atoms with Gasteiger partial charge < -0.3 is 11.1 Å². The highest BCUT2D eigenvalue weighted by Gasteiger charge is 2.15. The van der Waals surface area contributed by atoms with Gasteiger partial charge in [0.1, 0.15) is 0 Å². The molecular formula is C8H17N3O2. The van der Waals surface area contributed by atoms with Crippen LogP contribution in [-0.4, -0.2) is 36.0 Å². The molecule has 0 spiro atoms. The van der Waals surface area contributed by atoms with Crippen LogP contribution in [0, 0.1) is 0 Å². The van der Waals surface area contributed by atoms with Gasteiger partial charge in [-0.05, 0) is 20.0 Å². The molecule has 0 aliphatic rings. The Kier molecular flexibility index (Phi) is 5.06. The summed E-state index contributed by atoms with van der Waals surface area (Å²) in [5.74, 6) is -1.68. The van der Waals surface area contributed by atoms with Crippen molar-refractivity contribution in [3.05, 3.63) is 0 Å². The molecule has 0 saturated heterocycles. The van der Waals surface area contributed by atoms with Crippen molar-refractivity contribution < 1.29 is 9.59 Å². The number of amides is 2. The molecule has 5 heteroatoms. The molecule has 1 unspecified atom stereocenters. The van der Waals surface area contributed by atoms with Gasteiger partial charge in [0.15, 0.2) is 0 Å². The van der Waals surface area contributed by atoms with E-state index in [1.165, 1.54) is 0 Å². The molecule has 0 aliphatic carbocycles. The average Bonchev–Trinajstić information content (AvgIpc) is 2.06. The van der Waals surface area contributed by atoms with Crippen LogP contribution in [0.5, 0.6) is 0 Å². The average molecular weight is 187 g/mol. The van der Waals surface area contributed by atoms with Crippen LogP contribution in [0.2, 0.25) is 0 Å². The number of hydrogen-bond acceptors (Lipinski definition) is 3. The van der Waals surface area contributed by atoms with Gasteiger partial charge in [0, 0.05) is 0 Å². The maximum Gasteiger partial charge on any atom is 0.310 e. The molecule has 0 aromatic rings. The number of carbonyl (C=O) groups is 2. The van der Waals surface area contributed by atoms with Crippen LogP contribution in [0.3, 0.4) is 0 Å². The number of nitrogens with zero attached hydrogens (tertiary/aromatic N) is 1. The van der Waals surface area contributed by atoms with Crippen LogP contribution in [-0.2, 0) is 9.59 Å². The Hall–Kier alpha value is -1.10. The fraction of sp³-hybridized carbons (Fsp3) is 0.750. The lowest BCUT2D eigenvalue weighted by Crippen LogP contribution is -2.49. The second kappa shape index (κ2) is 5.53. The number of hydrogen-bond donors (Lipinski definition) is 2. The normalized spacial score (nSPS) is 12.6. The summed E-state index contributed by atoms with van der Waals surface area (Å²) >= 11 is 0. The van der Waals surface area contributed by atoms with Gasteiger partial charge in [0.2, 0.25) is 0 Å². The van der Waals surface area contributed by atoms with Gasteiger partial charge in [-0.2, -0.15) is 0 Å². The van der Waals surface area contributed by atoms with E-state index in [-0.39, 0.29) is 6.17 Å². The minimum absolute atomic E-state index is 0.157. The Morgan fingerprint density at radius 2 is 1.85 bits per heavy atom. The Bertz CT molecular complexity index is 190. The fourth-order valence-corrected chi connectivity index (χ4v) is 1.12. The Morgan fingerprint density at radius 3 is 2.15 bits per heavy atom. The van der Waals surface area contributed by atoms with Crippen LogP contribution in [0.15, 0.2) is 0 Å². The van der Waals surface area contributed by atoms with Crippen molar-refractivity contribution in [3.63, 3.8) is 0 Å². The smallest absolute Gasteiger partial charge is 0.310 e. The maximum atomic E-state index is 10.9. The largest absolute Gasteiger partial charge is 0.361 e. The van der Waals surface area contributed by atoms with Gasteiger partial charge in [-0.15, -0.1) is 0 Å². The zero-order valence-electron chi connectivity index (χ0n) is 8.33. The highest BCUT2D eigenvalue weighted by atomic mass is 16.2. The second-order valence-corrected chi connectivity index (χ2v) is 2.73. The maximum absolute atomic E-state index is 10.9. The third kappa shape index (κ3) is 3.89. The van der Waals surface area contributed by atoms with Crippen molar-refractivity contribution in [2.24, 2.45) is 5.73 Å². The van der Waals surface area contributed by atoms with E-state index in [0.717, 1.165) is 13.1 Å². The highest BCUT2D eigenvalue weighted by molar-refractivity contribution is 6.34. The first-order valence-electron chi connectivity index (χ1n) is 4.37. The molecule has 0 radical (unpaired) electrons. The Morgan fingerprint density at radius 1 is 1.38 bits per heavy atom. The third-order valence-electron chi connectivity index (χ3n) is 1.92. The van der Waals surface area contributed by atoms with Gasteiger partial charge in [-0.3, -0.25) is 14.5 Å². The summed E-state index contributed by atoms with van der Waals surface area (Å²) in [6.45, 7) is 7.41. The highest BCUT2D eigenvalue weighted by Crippen LogP contribution is 1.93. The van der Waals surface area contributed by atoms with Crippen LogP contribution in [0.1, 0.15) is 20.8 Å². The van der Waals surface area contributed by atoms with Crippen LogP contribution in [0.25, 0.3) is 0 Å². The van der Waals surface area contributed by atoms with Crippen LogP contribution in [0.4, 0.5) is 0 Å². The van der Waals surface area contributed by atoms with Gasteiger partial charge in [-0.1, -0.05) is 13.8 Å². The van der Waals surface area contributed by atoms with Crippen LogP contribution < -0.4 is 11.1 Å². The molecule has 0 fully saturated rings. The number of nitrogens with one attached hydrogen (secondary N) is 1. The van der Waals surface area contributed by atoms with E-state index in [1.807, 2.05) is 25.7 Å². The first kappa shape index (κ1) is 11.9. The van der Waals surface area contributed by atoms with Gasteiger partial charge in [-0.25, -0.2) is 0 Å². The quantitative estimate of drug-likeness (QED) is 0.450. The van der Waals surface area contributed by atoms with Crippen LogP contribution >= 0.6 is 0 Å². The van der Waals surface area contributed by atoms with Crippen molar-refractivity contribution in [3.8, 4) is 0 Å². The predicted octanol–water partition coefficient (Wildman–Crippen LogP) is -0.724. The summed E-state index contributed by atoms with van der Waals surface area (Å²) in [7, 11) is 0. The van der Waals surface area contributed by atoms with E-state index >= 15 is 0 Å². The Labute approximate surface area is 78.3 Å². The molecule has 0 aliphatic heterocycles. The Balaban J connectivity index is 4.04. The predicted molar refractivity (Wildman–Crippen MR) is 49.7 cm³/mol. The van der Waals surface area contributed by atoms with Crippen molar-refractivity contribution in [2.45, 2.75) is 26.9 Å². The monoisotopic (exact) mass is 187 g/mol. The molecule has 5 nitrogen and oxygen atoms in total. The first-order chi connectivity index (χ1) is 6.02. The lowest BCUT2D eigenvalue weighted by Gasteiger charge is -2.26. The van der Waals surface area contributed by atoms with Crippen molar-refractivity contribution in [1.29, 1.82) is 0 Å². The van der Waals surface area contributed by atoms with Crippen molar-refractivity contribution >= 4 is 11.8 Å². The molecule has 0 saturated carbocycles. The molecule has 0 bridgehead atoms. The summed E-state index contributed by atoms with van der Waals surface area (Å²) in [5.41, 5.74) is 4.80. The van der Waals surface area contributed by atoms with E-state index in [4.69, 9.17) is 5.73 Å². The summed E-state index contributed by atoms with van der Waals surface area (Å²) in [6, 6.07) is 0. The molecule has 2 amide bonds. The summed E-state index contributed by atoms with van der Waals surface area (Å²) in [5, 5.41) is 2.49. The topological polar surface area (TPSA) is 75.4 Å². The fourth-order valence-electron chi connectivity index (χ4n) is 1.12.